The highest BCUT2D eigenvalue weighted by Crippen LogP contribution is 2.38. The highest BCUT2D eigenvalue weighted by atomic mass is 19.4. The van der Waals surface area contributed by atoms with Crippen molar-refractivity contribution in [3.05, 3.63) is 72.0 Å². The molecule has 5 nitrogen and oxygen atoms in total. The zero-order valence-corrected chi connectivity index (χ0v) is 13.6. The molecule has 2 heterocycles. The van der Waals surface area contributed by atoms with E-state index >= 15 is 0 Å². The van der Waals surface area contributed by atoms with Crippen LogP contribution in [-0.4, -0.2) is 15.9 Å². The number of pyridine rings is 1. The van der Waals surface area contributed by atoms with Gasteiger partial charge in [0.2, 0.25) is 0 Å². The van der Waals surface area contributed by atoms with Crippen LogP contribution in [0.4, 0.5) is 13.2 Å². The summed E-state index contributed by atoms with van der Waals surface area (Å²) in [4.78, 5) is 20.2. The van der Waals surface area contributed by atoms with Gasteiger partial charge in [0.05, 0.1) is 11.6 Å². The summed E-state index contributed by atoms with van der Waals surface area (Å²) >= 11 is 0. The highest BCUT2D eigenvalue weighted by Gasteiger charge is 2.35. The van der Waals surface area contributed by atoms with E-state index < -0.39 is 17.6 Å². The summed E-state index contributed by atoms with van der Waals surface area (Å²) in [5.74, 6) is -0.854. The molecule has 0 radical (unpaired) electrons. The molecule has 1 atom stereocenters. The van der Waals surface area contributed by atoms with Crippen molar-refractivity contribution in [2.45, 2.75) is 19.1 Å². The van der Waals surface area contributed by atoms with Crippen LogP contribution in [-0.2, 0) is 6.18 Å². The van der Waals surface area contributed by atoms with E-state index in [0.29, 0.717) is 0 Å². The zero-order chi connectivity index (χ0) is 18.7. The van der Waals surface area contributed by atoms with E-state index in [2.05, 4.69) is 15.3 Å². The molecule has 0 saturated heterocycles. The van der Waals surface area contributed by atoms with Crippen LogP contribution in [0, 0.1) is 0 Å². The molecule has 134 valence electrons. The van der Waals surface area contributed by atoms with Crippen LogP contribution in [0.15, 0.2) is 59.6 Å². The number of benzene rings is 1. The molecule has 0 fully saturated rings. The van der Waals surface area contributed by atoms with Gasteiger partial charge in [-0.2, -0.15) is 13.2 Å². The summed E-state index contributed by atoms with van der Waals surface area (Å²) < 4.78 is 44.8. The number of nitrogens with one attached hydrogen (secondary N) is 1. The van der Waals surface area contributed by atoms with Crippen LogP contribution >= 0.6 is 0 Å². The predicted octanol–water partition coefficient (Wildman–Crippen LogP) is 4.25. The first-order chi connectivity index (χ1) is 12.4. The number of rotatable bonds is 4. The van der Waals surface area contributed by atoms with E-state index in [1.807, 2.05) is 0 Å². The summed E-state index contributed by atoms with van der Waals surface area (Å²) in [5, 5.41) is 2.70. The van der Waals surface area contributed by atoms with Gasteiger partial charge in [0.1, 0.15) is 0 Å². The molecule has 2 aromatic heterocycles. The van der Waals surface area contributed by atoms with Gasteiger partial charge in [-0.1, -0.05) is 18.2 Å². The van der Waals surface area contributed by atoms with Crippen LogP contribution in [0.3, 0.4) is 0 Å². The van der Waals surface area contributed by atoms with Gasteiger partial charge in [-0.25, -0.2) is 4.98 Å². The van der Waals surface area contributed by atoms with Crippen molar-refractivity contribution in [1.29, 1.82) is 0 Å². The molecule has 1 N–H and O–H groups in total. The maximum Gasteiger partial charge on any atom is 0.417 e. The molecule has 1 aromatic carbocycles. The lowest BCUT2D eigenvalue weighted by atomic mass is 10.0. The SMILES string of the molecule is CC(NC(=O)c1ncoc1-c1ccccc1C(F)(F)F)c1ccncc1. The molecular weight excluding hydrogens is 347 g/mol. The lowest BCUT2D eigenvalue weighted by Gasteiger charge is -2.14. The number of hydrogen-bond donors (Lipinski definition) is 1. The van der Waals surface area contributed by atoms with E-state index in [0.717, 1.165) is 18.0 Å². The zero-order valence-electron chi connectivity index (χ0n) is 13.6. The number of amides is 1. The fraction of sp³-hybridized carbons (Fsp3) is 0.167. The van der Waals surface area contributed by atoms with Gasteiger partial charge in [0.25, 0.3) is 5.91 Å². The third-order valence-corrected chi connectivity index (χ3v) is 3.81. The minimum atomic E-state index is -4.58. The highest BCUT2D eigenvalue weighted by molar-refractivity contribution is 5.98. The molecule has 3 rings (SSSR count). The Morgan fingerprint density at radius 2 is 1.85 bits per heavy atom. The summed E-state index contributed by atoms with van der Waals surface area (Å²) in [5.41, 5.74) is -0.538. The number of carbonyl (C=O) groups excluding carboxylic acids is 1. The van der Waals surface area contributed by atoms with E-state index in [-0.39, 0.29) is 23.1 Å². The Morgan fingerprint density at radius 3 is 2.54 bits per heavy atom. The Hall–Kier alpha value is -3.16. The van der Waals surface area contributed by atoms with Crippen LogP contribution in [0.5, 0.6) is 0 Å². The fourth-order valence-electron chi connectivity index (χ4n) is 2.53. The molecule has 8 heteroatoms. The molecule has 26 heavy (non-hydrogen) atoms. The average Bonchev–Trinajstić information content (AvgIpc) is 3.11. The maximum absolute atomic E-state index is 13.2. The van der Waals surface area contributed by atoms with Crippen molar-refractivity contribution in [3.8, 4) is 11.3 Å². The van der Waals surface area contributed by atoms with Gasteiger partial charge >= 0.3 is 6.18 Å². The number of carbonyl (C=O) groups is 1. The smallest absolute Gasteiger partial charge is 0.417 e. The molecule has 0 aliphatic carbocycles. The Kier molecular flexibility index (Phi) is 4.75. The van der Waals surface area contributed by atoms with Gasteiger partial charge in [0, 0.05) is 18.0 Å². The van der Waals surface area contributed by atoms with Crippen molar-refractivity contribution in [3.63, 3.8) is 0 Å². The monoisotopic (exact) mass is 361 g/mol. The second-order valence-electron chi connectivity index (χ2n) is 5.55. The number of oxazole rings is 1. The third kappa shape index (κ3) is 3.58. The summed E-state index contributed by atoms with van der Waals surface area (Å²) in [6, 6.07) is 7.96. The Balaban J connectivity index is 1.91. The molecule has 0 saturated carbocycles. The molecule has 3 aromatic rings. The summed E-state index contributed by atoms with van der Waals surface area (Å²) in [6.45, 7) is 1.75. The summed E-state index contributed by atoms with van der Waals surface area (Å²) in [6.07, 6.45) is -0.464. The first kappa shape index (κ1) is 17.7. The Bertz CT molecular complexity index is 907. The number of nitrogens with zero attached hydrogens (tertiary/aromatic N) is 2. The second-order valence-corrected chi connectivity index (χ2v) is 5.55. The Morgan fingerprint density at radius 1 is 1.15 bits per heavy atom. The summed E-state index contributed by atoms with van der Waals surface area (Å²) in [7, 11) is 0. The van der Waals surface area contributed by atoms with Gasteiger partial charge in [0.15, 0.2) is 17.8 Å². The van der Waals surface area contributed by atoms with Crippen molar-refractivity contribution < 1.29 is 22.4 Å². The lowest BCUT2D eigenvalue weighted by molar-refractivity contribution is -0.137. The normalized spacial score (nSPS) is 12.6. The molecule has 1 unspecified atom stereocenters. The van der Waals surface area contributed by atoms with Gasteiger partial charge in [-0.3, -0.25) is 9.78 Å². The topological polar surface area (TPSA) is 68.0 Å². The standard InChI is InChI=1S/C18H14F3N3O2/c1-11(12-6-8-22-9-7-12)24-17(25)15-16(26-10-23-15)13-4-2-3-5-14(13)18(19,20)21/h2-11H,1H3,(H,24,25). The van der Waals surface area contributed by atoms with Crippen molar-refractivity contribution in [2.75, 3.05) is 0 Å². The fourth-order valence-corrected chi connectivity index (χ4v) is 2.53. The average molecular weight is 361 g/mol. The van der Waals surface area contributed by atoms with E-state index in [4.69, 9.17) is 4.42 Å². The van der Waals surface area contributed by atoms with Crippen molar-refractivity contribution in [2.24, 2.45) is 0 Å². The second kappa shape index (κ2) is 6.99. The minimum Gasteiger partial charge on any atom is -0.443 e. The van der Waals surface area contributed by atoms with E-state index in [1.54, 1.807) is 31.5 Å². The molecule has 0 spiro atoms. The maximum atomic E-state index is 13.2. The third-order valence-electron chi connectivity index (χ3n) is 3.81. The molecule has 1 amide bonds. The van der Waals surface area contributed by atoms with Gasteiger partial charge in [-0.15, -0.1) is 0 Å². The van der Waals surface area contributed by atoms with Gasteiger partial charge in [-0.05, 0) is 30.7 Å². The molecule has 0 aliphatic rings. The molecule has 0 bridgehead atoms. The molecular formula is C18H14F3N3O2. The molecule has 0 aliphatic heterocycles. The van der Waals surface area contributed by atoms with E-state index in [9.17, 15) is 18.0 Å². The first-order valence-electron chi connectivity index (χ1n) is 7.69. The number of halogens is 3. The van der Waals surface area contributed by atoms with E-state index in [1.165, 1.54) is 18.2 Å². The van der Waals surface area contributed by atoms with Crippen LogP contribution in [0.25, 0.3) is 11.3 Å². The van der Waals surface area contributed by atoms with Crippen molar-refractivity contribution >= 4 is 5.91 Å². The lowest BCUT2D eigenvalue weighted by Crippen LogP contribution is -2.27. The number of alkyl halides is 3. The number of aromatic nitrogens is 2. The largest absolute Gasteiger partial charge is 0.443 e. The minimum absolute atomic E-state index is 0.206. The number of hydrogen-bond acceptors (Lipinski definition) is 4. The van der Waals surface area contributed by atoms with Crippen LogP contribution in [0.1, 0.15) is 34.6 Å². The predicted molar refractivity (Wildman–Crippen MR) is 87.1 cm³/mol. The van der Waals surface area contributed by atoms with Crippen molar-refractivity contribution in [1.82, 2.24) is 15.3 Å². The van der Waals surface area contributed by atoms with Crippen LogP contribution < -0.4 is 5.32 Å². The Labute approximate surface area is 146 Å². The van der Waals surface area contributed by atoms with Crippen LogP contribution in [0.2, 0.25) is 0 Å². The van der Waals surface area contributed by atoms with Gasteiger partial charge < -0.3 is 9.73 Å². The first-order valence-corrected chi connectivity index (χ1v) is 7.69. The quantitative estimate of drug-likeness (QED) is 0.754.